The monoisotopic (exact) mass is 437 g/mol. The van der Waals surface area contributed by atoms with Crippen LogP contribution >= 0.6 is 11.7 Å². The lowest BCUT2D eigenvalue weighted by molar-refractivity contribution is -0.132. The van der Waals surface area contributed by atoms with Crippen LogP contribution in [0.1, 0.15) is 38.5 Å². The number of carbonyl (C=O) groups is 1. The highest BCUT2D eigenvalue weighted by atomic mass is 32.2. The number of hydrogen-bond donors (Lipinski definition) is 1. The molecule has 2 saturated heterocycles. The van der Waals surface area contributed by atoms with Gasteiger partial charge in [-0.05, 0) is 50.9 Å². The molecule has 2 aliphatic heterocycles. The standard InChI is InChI=1S/C19H27N5O3S2/c25-18(24-13-8-15(9-14-24)23-11-2-1-3-12-23)7-10-20-29(26,27)17-6-4-5-16-19(17)22-28-21-16/h4-6,15,20H,1-3,7-14H2. The zero-order valence-corrected chi connectivity index (χ0v) is 18.1. The summed E-state index contributed by atoms with van der Waals surface area (Å²) >= 11 is 0.985. The van der Waals surface area contributed by atoms with Crippen molar-refractivity contribution in [3.63, 3.8) is 0 Å². The number of amides is 1. The zero-order valence-electron chi connectivity index (χ0n) is 16.4. The van der Waals surface area contributed by atoms with E-state index in [1.165, 1.54) is 38.4 Å². The molecule has 1 aromatic heterocycles. The van der Waals surface area contributed by atoms with Crippen molar-refractivity contribution in [2.24, 2.45) is 0 Å². The Bertz CT molecular complexity index is 948. The smallest absolute Gasteiger partial charge is 0.242 e. The minimum atomic E-state index is -3.73. The number of nitrogens with zero attached hydrogens (tertiary/aromatic N) is 4. The van der Waals surface area contributed by atoms with Crippen LogP contribution in [0, 0.1) is 0 Å². The molecule has 158 valence electrons. The first-order valence-electron chi connectivity index (χ1n) is 10.3. The van der Waals surface area contributed by atoms with E-state index in [2.05, 4.69) is 18.4 Å². The summed E-state index contributed by atoms with van der Waals surface area (Å²) in [6, 6.07) is 5.48. The minimum Gasteiger partial charge on any atom is -0.343 e. The molecular weight excluding hydrogens is 410 g/mol. The second-order valence-electron chi connectivity index (χ2n) is 7.74. The lowest BCUT2D eigenvalue weighted by Gasteiger charge is -2.40. The average Bonchev–Trinajstić information content (AvgIpc) is 3.23. The van der Waals surface area contributed by atoms with Crippen molar-refractivity contribution in [2.75, 3.05) is 32.7 Å². The van der Waals surface area contributed by atoms with Gasteiger partial charge in [-0.15, -0.1) is 0 Å². The van der Waals surface area contributed by atoms with Crippen molar-refractivity contribution in [1.29, 1.82) is 0 Å². The first kappa shape index (κ1) is 20.6. The third-order valence-electron chi connectivity index (χ3n) is 5.89. The highest BCUT2D eigenvalue weighted by Gasteiger charge is 2.27. The minimum absolute atomic E-state index is 0.0123. The van der Waals surface area contributed by atoms with E-state index in [4.69, 9.17) is 0 Å². The van der Waals surface area contributed by atoms with E-state index in [1.54, 1.807) is 12.1 Å². The number of hydrogen-bond acceptors (Lipinski definition) is 7. The number of nitrogens with one attached hydrogen (secondary N) is 1. The van der Waals surface area contributed by atoms with Crippen molar-refractivity contribution in [1.82, 2.24) is 23.3 Å². The molecule has 3 heterocycles. The number of benzene rings is 1. The molecule has 0 unspecified atom stereocenters. The van der Waals surface area contributed by atoms with Gasteiger partial charge in [0.1, 0.15) is 15.9 Å². The fourth-order valence-corrected chi connectivity index (χ4v) is 6.09. The molecular formula is C19H27N5O3S2. The van der Waals surface area contributed by atoms with Gasteiger partial charge in [-0.25, -0.2) is 13.1 Å². The Balaban J connectivity index is 1.26. The number of sulfonamides is 1. The predicted octanol–water partition coefficient (Wildman–Crippen LogP) is 1.84. The van der Waals surface area contributed by atoms with Crippen LogP contribution in [0.25, 0.3) is 11.0 Å². The van der Waals surface area contributed by atoms with Gasteiger partial charge in [0.15, 0.2) is 0 Å². The van der Waals surface area contributed by atoms with Gasteiger partial charge < -0.3 is 9.80 Å². The summed E-state index contributed by atoms with van der Waals surface area (Å²) in [4.78, 5) is 17.1. The number of rotatable bonds is 6. The van der Waals surface area contributed by atoms with E-state index in [0.29, 0.717) is 17.1 Å². The van der Waals surface area contributed by atoms with E-state index >= 15 is 0 Å². The van der Waals surface area contributed by atoms with Gasteiger partial charge in [-0.3, -0.25) is 4.79 Å². The van der Waals surface area contributed by atoms with Crippen molar-refractivity contribution < 1.29 is 13.2 Å². The Labute approximate surface area is 175 Å². The molecule has 1 aromatic carbocycles. The molecule has 2 aromatic rings. The Morgan fingerprint density at radius 3 is 2.62 bits per heavy atom. The third-order valence-corrected chi connectivity index (χ3v) is 7.93. The van der Waals surface area contributed by atoms with Crippen molar-refractivity contribution in [3.05, 3.63) is 18.2 Å². The molecule has 2 fully saturated rings. The fraction of sp³-hybridized carbons (Fsp3) is 0.632. The Hall–Kier alpha value is -1.62. The summed E-state index contributed by atoms with van der Waals surface area (Å²) in [7, 11) is -3.73. The van der Waals surface area contributed by atoms with Gasteiger partial charge in [-0.1, -0.05) is 12.5 Å². The van der Waals surface area contributed by atoms with Crippen LogP contribution in [-0.4, -0.2) is 71.6 Å². The first-order chi connectivity index (χ1) is 14.0. The van der Waals surface area contributed by atoms with Gasteiger partial charge >= 0.3 is 0 Å². The van der Waals surface area contributed by atoms with Crippen LogP contribution in [0.3, 0.4) is 0 Å². The molecule has 0 atom stereocenters. The number of likely N-dealkylation sites (tertiary alicyclic amines) is 2. The second kappa shape index (κ2) is 9.03. The Morgan fingerprint density at radius 1 is 1.10 bits per heavy atom. The summed E-state index contributed by atoms with van der Waals surface area (Å²) in [5.74, 6) is 0.0123. The van der Waals surface area contributed by atoms with Crippen LogP contribution < -0.4 is 4.72 Å². The first-order valence-corrected chi connectivity index (χ1v) is 12.5. The fourth-order valence-electron chi connectivity index (χ4n) is 4.29. The molecule has 29 heavy (non-hydrogen) atoms. The maximum atomic E-state index is 12.6. The van der Waals surface area contributed by atoms with Crippen LogP contribution in [-0.2, 0) is 14.8 Å². The van der Waals surface area contributed by atoms with Crippen LogP contribution in [0.4, 0.5) is 0 Å². The van der Waals surface area contributed by atoms with E-state index in [-0.39, 0.29) is 23.8 Å². The normalized spacial score (nSPS) is 19.7. The highest BCUT2D eigenvalue weighted by molar-refractivity contribution is 7.89. The molecule has 1 amide bonds. The van der Waals surface area contributed by atoms with E-state index in [0.717, 1.165) is 37.7 Å². The van der Waals surface area contributed by atoms with E-state index < -0.39 is 10.0 Å². The highest BCUT2D eigenvalue weighted by Crippen LogP contribution is 2.22. The number of fused-ring (bicyclic) bond motifs is 1. The maximum Gasteiger partial charge on any atom is 0.242 e. The summed E-state index contributed by atoms with van der Waals surface area (Å²) in [6.45, 7) is 3.97. The van der Waals surface area contributed by atoms with E-state index in [9.17, 15) is 13.2 Å². The lowest BCUT2D eigenvalue weighted by atomic mass is 10.00. The van der Waals surface area contributed by atoms with Crippen molar-refractivity contribution >= 4 is 38.7 Å². The molecule has 0 saturated carbocycles. The van der Waals surface area contributed by atoms with Crippen LogP contribution in [0.15, 0.2) is 23.1 Å². The van der Waals surface area contributed by atoms with Gasteiger partial charge in [-0.2, -0.15) is 8.75 Å². The second-order valence-corrected chi connectivity index (χ2v) is 10.0. The molecule has 10 heteroatoms. The summed E-state index contributed by atoms with van der Waals surface area (Å²) < 4.78 is 35.9. The van der Waals surface area contributed by atoms with Gasteiger partial charge in [0, 0.05) is 32.1 Å². The molecule has 0 radical (unpaired) electrons. The largest absolute Gasteiger partial charge is 0.343 e. The quantitative estimate of drug-likeness (QED) is 0.741. The van der Waals surface area contributed by atoms with Crippen molar-refractivity contribution in [2.45, 2.75) is 49.5 Å². The molecule has 8 nitrogen and oxygen atoms in total. The third kappa shape index (κ3) is 4.76. The number of piperidine rings is 2. The average molecular weight is 438 g/mol. The SMILES string of the molecule is O=C(CCNS(=O)(=O)c1cccc2nsnc12)N1CCC(N2CCCCC2)CC1. The Kier molecular flexibility index (Phi) is 6.43. The maximum absolute atomic E-state index is 12.6. The van der Waals surface area contributed by atoms with Crippen LogP contribution in [0.2, 0.25) is 0 Å². The van der Waals surface area contributed by atoms with Gasteiger partial charge in [0.25, 0.3) is 0 Å². The summed E-state index contributed by atoms with van der Waals surface area (Å²) in [5, 5.41) is 0. The zero-order chi connectivity index (χ0) is 20.3. The van der Waals surface area contributed by atoms with Crippen LogP contribution in [0.5, 0.6) is 0 Å². The van der Waals surface area contributed by atoms with Crippen molar-refractivity contribution in [3.8, 4) is 0 Å². The molecule has 4 rings (SSSR count). The summed E-state index contributed by atoms with van der Waals surface area (Å²) in [5.41, 5.74) is 0.932. The topological polar surface area (TPSA) is 95.5 Å². The summed E-state index contributed by atoms with van der Waals surface area (Å²) in [6.07, 6.45) is 6.08. The molecule has 1 N–H and O–H groups in total. The number of aromatic nitrogens is 2. The van der Waals surface area contributed by atoms with E-state index in [1.807, 2.05) is 4.90 Å². The molecule has 0 spiro atoms. The molecule has 2 aliphatic rings. The lowest BCUT2D eigenvalue weighted by Crippen LogP contribution is -2.48. The number of carbonyl (C=O) groups excluding carboxylic acids is 1. The van der Waals surface area contributed by atoms with Gasteiger partial charge in [0.05, 0.1) is 11.7 Å². The molecule has 0 bridgehead atoms. The molecule has 0 aliphatic carbocycles. The predicted molar refractivity (Wildman–Crippen MR) is 112 cm³/mol. The Morgan fingerprint density at radius 2 is 1.86 bits per heavy atom. The van der Waals surface area contributed by atoms with Gasteiger partial charge in [0.2, 0.25) is 15.9 Å².